The average Bonchev–Trinajstić information content (AvgIpc) is 3.23. The summed E-state index contributed by atoms with van der Waals surface area (Å²) >= 11 is 0. The molecule has 0 unspecified atom stereocenters. The van der Waals surface area contributed by atoms with Gasteiger partial charge in [0.25, 0.3) is 0 Å². The van der Waals surface area contributed by atoms with Crippen molar-refractivity contribution in [2.24, 2.45) is 0 Å². The van der Waals surface area contributed by atoms with E-state index in [1.54, 1.807) is 17.0 Å². The highest BCUT2D eigenvalue weighted by atomic mass is 19.1. The molecule has 1 aliphatic carbocycles. The maximum absolute atomic E-state index is 13.5. The number of allylic oxidation sites excluding steroid dienone is 1. The van der Waals surface area contributed by atoms with E-state index in [4.69, 9.17) is 9.47 Å². The second-order valence-corrected chi connectivity index (χ2v) is 8.42. The predicted octanol–water partition coefficient (Wildman–Crippen LogP) is 4.82. The van der Waals surface area contributed by atoms with E-state index in [1.807, 2.05) is 19.2 Å². The van der Waals surface area contributed by atoms with Crippen LogP contribution in [0.5, 0.6) is 0 Å². The number of aryl methyl sites for hydroxylation is 1. The molecule has 0 spiro atoms. The molecule has 0 saturated carbocycles. The van der Waals surface area contributed by atoms with E-state index in [9.17, 15) is 9.18 Å². The Hall–Kier alpha value is -2.67. The van der Waals surface area contributed by atoms with Crippen LogP contribution in [-0.4, -0.2) is 53.6 Å². The molecule has 6 nitrogen and oxygen atoms in total. The molecule has 1 amide bonds. The number of piperidine rings is 1. The summed E-state index contributed by atoms with van der Waals surface area (Å²) < 4.78 is 24.9. The SMILES string of the molecule is COC(=O)N1CCC[C@H](c2[nH]ncc2C)[C@@H]1CO[C@@H]1CC=C(c2cccc(F)c2)CC1. The van der Waals surface area contributed by atoms with Crippen LogP contribution in [0.2, 0.25) is 0 Å². The number of amides is 1. The van der Waals surface area contributed by atoms with Gasteiger partial charge in [0, 0.05) is 18.2 Å². The second kappa shape index (κ2) is 9.64. The summed E-state index contributed by atoms with van der Waals surface area (Å²) in [4.78, 5) is 14.2. The fourth-order valence-electron chi connectivity index (χ4n) is 4.82. The molecule has 1 aromatic heterocycles. The van der Waals surface area contributed by atoms with E-state index in [0.29, 0.717) is 13.2 Å². The molecule has 2 aliphatic rings. The number of hydrogen-bond acceptors (Lipinski definition) is 4. The number of likely N-dealkylation sites (tertiary alicyclic amines) is 1. The molecule has 2 heterocycles. The summed E-state index contributed by atoms with van der Waals surface area (Å²) in [5.41, 5.74) is 4.28. The standard InChI is InChI=1S/C24H30FN3O3/c1-16-14-26-27-23(16)21-7-4-12-28(24(29)30-2)22(21)15-31-20-10-8-17(9-11-20)18-5-3-6-19(25)13-18/h3,5-6,8,13-14,20-22H,4,7,9-12,15H2,1-2H3,(H,26,27)/t20-,21+,22+/m1/s1. The number of methoxy groups -OCH3 is 1. The van der Waals surface area contributed by atoms with Crippen molar-refractivity contribution in [1.82, 2.24) is 15.1 Å². The number of aromatic amines is 1. The Morgan fingerprint density at radius 3 is 2.90 bits per heavy atom. The summed E-state index contributed by atoms with van der Waals surface area (Å²) in [5, 5.41) is 7.30. The molecule has 7 heteroatoms. The number of ether oxygens (including phenoxy) is 2. The molecule has 31 heavy (non-hydrogen) atoms. The maximum atomic E-state index is 13.5. The van der Waals surface area contributed by atoms with E-state index in [-0.39, 0.29) is 30.0 Å². The van der Waals surface area contributed by atoms with Gasteiger partial charge in [0.2, 0.25) is 0 Å². The molecule has 1 aromatic carbocycles. The van der Waals surface area contributed by atoms with Crippen LogP contribution in [0.1, 0.15) is 54.8 Å². The highest BCUT2D eigenvalue weighted by molar-refractivity contribution is 5.68. The van der Waals surface area contributed by atoms with Crippen LogP contribution in [0.25, 0.3) is 5.57 Å². The van der Waals surface area contributed by atoms with Gasteiger partial charge in [-0.2, -0.15) is 5.10 Å². The first kappa shape index (κ1) is 21.6. The molecule has 1 N–H and O–H groups in total. The van der Waals surface area contributed by atoms with Gasteiger partial charge in [-0.05, 0) is 67.9 Å². The first-order valence-corrected chi connectivity index (χ1v) is 11.0. The monoisotopic (exact) mass is 427 g/mol. The molecule has 0 radical (unpaired) electrons. The van der Waals surface area contributed by atoms with E-state index >= 15 is 0 Å². The largest absolute Gasteiger partial charge is 0.453 e. The van der Waals surface area contributed by atoms with Gasteiger partial charge in [-0.25, -0.2) is 9.18 Å². The third-order valence-electron chi connectivity index (χ3n) is 6.49. The van der Waals surface area contributed by atoms with Gasteiger partial charge in [0.1, 0.15) is 5.82 Å². The Morgan fingerprint density at radius 1 is 1.35 bits per heavy atom. The number of carbonyl (C=O) groups is 1. The summed E-state index contributed by atoms with van der Waals surface area (Å²) in [6.07, 6.45) is 8.14. The van der Waals surface area contributed by atoms with Crippen molar-refractivity contribution in [3.05, 3.63) is 59.2 Å². The fourth-order valence-corrected chi connectivity index (χ4v) is 4.82. The Morgan fingerprint density at radius 2 is 2.23 bits per heavy atom. The van der Waals surface area contributed by atoms with Crippen molar-refractivity contribution in [3.63, 3.8) is 0 Å². The van der Waals surface area contributed by atoms with Crippen molar-refractivity contribution in [3.8, 4) is 0 Å². The molecular weight excluding hydrogens is 397 g/mol. The van der Waals surface area contributed by atoms with Crippen LogP contribution in [0.4, 0.5) is 9.18 Å². The van der Waals surface area contributed by atoms with Crippen molar-refractivity contribution < 1.29 is 18.7 Å². The summed E-state index contributed by atoms with van der Waals surface area (Å²) in [5.74, 6) is -0.0746. The van der Waals surface area contributed by atoms with Crippen molar-refractivity contribution in [2.45, 2.75) is 57.1 Å². The third-order valence-corrected chi connectivity index (χ3v) is 6.49. The number of rotatable bonds is 5. The van der Waals surface area contributed by atoms with Gasteiger partial charge in [-0.15, -0.1) is 0 Å². The molecule has 1 aliphatic heterocycles. The topological polar surface area (TPSA) is 67.5 Å². The van der Waals surface area contributed by atoms with Crippen molar-refractivity contribution >= 4 is 11.7 Å². The maximum Gasteiger partial charge on any atom is 0.409 e. The summed E-state index contributed by atoms with van der Waals surface area (Å²) in [7, 11) is 1.42. The third kappa shape index (κ3) is 4.82. The van der Waals surface area contributed by atoms with Gasteiger partial charge in [-0.3, -0.25) is 5.10 Å². The molecule has 3 atom stereocenters. The molecule has 166 valence electrons. The minimum atomic E-state index is -0.313. The average molecular weight is 428 g/mol. The lowest BCUT2D eigenvalue weighted by molar-refractivity contribution is -0.0120. The van der Waals surface area contributed by atoms with Crippen LogP contribution in [0.3, 0.4) is 0 Å². The first-order valence-electron chi connectivity index (χ1n) is 11.0. The van der Waals surface area contributed by atoms with Gasteiger partial charge in [0.15, 0.2) is 0 Å². The Balaban J connectivity index is 1.44. The quantitative estimate of drug-likeness (QED) is 0.743. The molecule has 2 aromatic rings. The van der Waals surface area contributed by atoms with E-state index in [2.05, 4.69) is 16.3 Å². The Bertz CT molecular complexity index is 942. The number of benzene rings is 1. The van der Waals surface area contributed by atoms with Crippen LogP contribution in [0, 0.1) is 12.7 Å². The fraction of sp³-hybridized carbons (Fsp3) is 0.500. The molecular formula is C24H30FN3O3. The smallest absolute Gasteiger partial charge is 0.409 e. The number of halogens is 1. The van der Waals surface area contributed by atoms with E-state index in [0.717, 1.165) is 48.9 Å². The van der Waals surface area contributed by atoms with Crippen molar-refractivity contribution in [1.29, 1.82) is 0 Å². The molecule has 4 rings (SSSR count). The number of H-pyrrole nitrogens is 1. The van der Waals surface area contributed by atoms with Crippen molar-refractivity contribution in [2.75, 3.05) is 20.3 Å². The lowest BCUT2D eigenvalue weighted by Crippen LogP contribution is -2.50. The van der Waals surface area contributed by atoms with Gasteiger partial charge in [-0.1, -0.05) is 18.2 Å². The molecule has 1 saturated heterocycles. The number of hydrogen-bond donors (Lipinski definition) is 1. The van der Waals surface area contributed by atoms with Crippen LogP contribution >= 0.6 is 0 Å². The lowest BCUT2D eigenvalue weighted by Gasteiger charge is -2.40. The summed E-state index contributed by atoms with van der Waals surface area (Å²) in [6.45, 7) is 3.15. The number of nitrogens with one attached hydrogen (secondary N) is 1. The normalized spacial score (nSPS) is 24.0. The number of nitrogens with zero attached hydrogens (tertiary/aromatic N) is 2. The number of aromatic nitrogens is 2. The van der Waals surface area contributed by atoms with Gasteiger partial charge < -0.3 is 14.4 Å². The van der Waals surface area contributed by atoms with Gasteiger partial charge >= 0.3 is 6.09 Å². The second-order valence-electron chi connectivity index (χ2n) is 8.42. The highest BCUT2D eigenvalue weighted by Gasteiger charge is 2.38. The van der Waals surface area contributed by atoms with E-state index < -0.39 is 0 Å². The Labute approximate surface area is 182 Å². The number of carbonyl (C=O) groups excluding carboxylic acids is 1. The zero-order valence-electron chi connectivity index (χ0n) is 18.1. The first-order chi connectivity index (χ1) is 15.1. The summed E-state index contributed by atoms with van der Waals surface area (Å²) in [6, 6.07) is 6.64. The van der Waals surface area contributed by atoms with E-state index in [1.165, 1.54) is 18.7 Å². The highest BCUT2D eigenvalue weighted by Crippen LogP contribution is 2.35. The van der Waals surface area contributed by atoms with Crippen LogP contribution in [0.15, 0.2) is 36.5 Å². The predicted molar refractivity (Wildman–Crippen MR) is 116 cm³/mol. The minimum absolute atomic E-state index is 0.0854. The zero-order valence-corrected chi connectivity index (χ0v) is 18.1. The van der Waals surface area contributed by atoms with Crippen LogP contribution in [-0.2, 0) is 9.47 Å². The van der Waals surface area contributed by atoms with Gasteiger partial charge in [0.05, 0.1) is 32.1 Å². The van der Waals surface area contributed by atoms with Crippen LogP contribution < -0.4 is 0 Å². The molecule has 1 fully saturated rings. The Kier molecular flexibility index (Phi) is 6.70. The zero-order chi connectivity index (χ0) is 21.8. The lowest BCUT2D eigenvalue weighted by atomic mass is 9.85. The minimum Gasteiger partial charge on any atom is -0.453 e. The molecule has 0 bridgehead atoms.